The lowest BCUT2D eigenvalue weighted by atomic mass is 9.82. The maximum absolute atomic E-state index is 14.1. The summed E-state index contributed by atoms with van der Waals surface area (Å²) in [7, 11) is 1.60. The summed E-state index contributed by atoms with van der Waals surface area (Å²) < 4.78 is 16.5. The number of carboxylic acid groups (broad SMARTS) is 1. The number of hydrogen-bond acceptors (Lipinski definition) is 6. The third-order valence-corrected chi connectivity index (χ3v) is 8.66. The van der Waals surface area contributed by atoms with Crippen LogP contribution in [0.3, 0.4) is 0 Å². The van der Waals surface area contributed by atoms with E-state index < -0.39 is 24.0 Å². The second-order valence-electron chi connectivity index (χ2n) is 11.2. The SMILES string of the molecule is CCCCC(C(=O)Nc1ccc2ccccc2c1)N1CC(c2ccc3c(c2)OCO3)C(C(=O)O)C1c1ccc(OC)cc1. The van der Waals surface area contributed by atoms with Crippen molar-refractivity contribution >= 4 is 28.3 Å². The van der Waals surface area contributed by atoms with E-state index in [4.69, 9.17) is 14.2 Å². The zero-order chi connectivity index (χ0) is 29.9. The second kappa shape index (κ2) is 12.4. The van der Waals surface area contributed by atoms with Gasteiger partial charge in [-0.15, -0.1) is 0 Å². The summed E-state index contributed by atoms with van der Waals surface area (Å²) in [6, 6.07) is 26.0. The van der Waals surface area contributed by atoms with Gasteiger partial charge >= 0.3 is 5.97 Å². The molecule has 2 aliphatic heterocycles. The van der Waals surface area contributed by atoms with Crippen molar-refractivity contribution < 1.29 is 28.9 Å². The number of carbonyl (C=O) groups excluding carboxylic acids is 1. The Morgan fingerprint density at radius 1 is 0.953 bits per heavy atom. The van der Waals surface area contributed by atoms with Crippen molar-refractivity contribution in [2.75, 3.05) is 25.8 Å². The third-order valence-electron chi connectivity index (χ3n) is 8.66. The average Bonchev–Trinajstić information content (AvgIpc) is 3.66. The van der Waals surface area contributed by atoms with Gasteiger partial charge in [0.05, 0.1) is 19.1 Å². The number of methoxy groups -OCH3 is 1. The molecule has 222 valence electrons. The minimum atomic E-state index is -0.907. The Balaban J connectivity index is 1.39. The Kier molecular flexibility index (Phi) is 8.20. The first-order valence-corrected chi connectivity index (χ1v) is 14.8. The molecule has 0 aliphatic carbocycles. The van der Waals surface area contributed by atoms with Crippen LogP contribution in [0.2, 0.25) is 0 Å². The summed E-state index contributed by atoms with van der Waals surface area (Å²) in [4.78, 5) is 29.3. The molecular formula is C35H36N2O6. The van der Waals surface area contributed by atoms with Gasteiger partial charge in [0.1, 0.15) is 5.75 Å². The molecule has 4 aromatic carbocycles. The lowest BCUT2D eigenvalue weighted by Gasteiger charge is -2.34. The largest absolute Gasteiger partial charge is 0.497 e. The molecule has 2 aliphatic rings. The number of carboxylic acids is 1. The summed E-state index contributed by atoms with van der Waals surface area (Å²) in [6.45, 7) is 2.63. The molecule has 0 aromatic heterocycles. The fourth-order valence-electron chi connectivity index (χ4n) is 6.50. The molecule has 1 amide bonds. The second-order valence-corrected chi connectivity index (χ2v) is 11.2. The number of ether oxygens (including phenoxy) is 3. The van der Waals surface area contributed by atoms with E-state index in [9.17, 15) is 14.7 Å². The highest BCUT2D eigenvalue weighted by atomic mass is 16.7. The number of hydrogen-bond donors (Lipinski definition) is 2. The molecular weight excluding hydrogens is 544 g/mol. The molecule has 0 bridgehead atoms. The number of nitrogens with zero attached hydrogens (tertiary/aromatic N) is 1. The van der Waals surface area contributed by atoms with Crippen molar-refractivity contribution in [3.05, 3.63) is 96.1 Å². The smallest absolute Gasteiger partial charge is 0.309 e. The van der Waals surface area contributed by atoms with Crippen LogP contribution in [-0.2, 0) is 9.59 Å². The summed E-state index contributed by atoms with van der Waals surface area (Å²) in [5.74, 6) is -0.287. The Morgan fingerprint density at radius 3 is 2.44 bits per heavy atom. The van der Waals surface area contributed by atoms with Gasteiger partial charge in [-0.25, -0.2) is 0 Å². The number of fused-ring (bicyclic) bond motifs is 2. The lowest BCUT2D eigenvalue weighted by Crippen LogP contribution is -2.45. The molecule has 4 unspecified atom stereocenters. The molecule has 4 aromatic rings. The zero-order valence-corrected chi connectivity index (χ0v) is 24.4. The number of amides is 1. The van der Waals surface area contributed by atoms with Crippen molar-refractivity contribution in [1.82, 2.24) is 4.90 Å². The topological polar surface area (TPSA) is 97.3 Å². The van der Waals surface area contributed by atoms with Crippen molar-refractivity contribution in [3.63, 3.8) is 0 Å². The van der Waals surface area contributed by atoms with Gasteiger partial charge in [-0.1, -0.05) is 68.3 Å². The van der Waals surface area contributed by atoms with Crippen LogP contribution in [0.5, 0.6) is 17.2 Å². The molecule has 0 saturated carbocycles. The number of anilines is 1. The van der Waals surface area contributed by atoms with Gasteiger partial charge in [-0.2, -0.15) is 0 Å². The predicted octanol–water partition coefficient (Wildman–Crippen LogP) is 6.62. The van der Waals surface area contributed by atoms with Crippen LogP contribution in [0, 0.1) is 5.92 Å². The molecule has 8 heteroatoms. The number of carbonyl (C=O) groups is 2. The Morgan fingerprint density at radius 2 is 1.70 bits per heavy atom. The maximum Gasteiger partial charge on any atom is 0.309 e. The van der Waals surface area contributed by atoms with E-state index >= 15 is 0 Å². The first-order valence-electron chi connectivity index (χ1n) is 14.8. The molecule has 6 rings (SSSR count). The number of benzene rings is 4. The van der Waals surface area contributed by atoms with Crippen molar-refractivity contribution in [3.8, 4) is 17.2 Å². The van der Waals surface area contributed by atoms with Crippen LogP contribution in [0.4, 0.5) is 5.69 Å². The van der Waals surface area contributed by atoms with Gasteiger partial charge in [-0.3, -0.25) is 14.5 Å². The van der Waals surface area contributed by atoms with Crippen molar-refractivity contribution in [2.24, 2.45) is 5.92 Å². The van der Waals surface area contributed by atoms with Gasteiger partial charge in [0.15, 0.2) is 11.5 Å². The minimum absolute atomic E-state index is 0.139. The lowest BCUT2D eigenvalue weighted by molar-refractivity contribution is -0.143. The average molecular weight is 581 g/mol. The van der Waals surface area contributed by atoms with Gasteiger partial charge in [0.2, 0.25) is 12.7 Å². The molecule has 2 heterocycles. The van der Waals surface area contributed by atoms with Crippen LogP contribution in [0.1, 0.15) is 49.3 Å². The van der Waals surface area contributed by atoms with Gasteiger partial charge in [0, 0.05) is 24.2 Å². The number of rotatable bonds is 10. The van der Waals surface area contributed by atoms with Gasteiger partial charge in [-0.05, 0) is 64.7 Å². The molecule has 1 saturated heterocycles. The Hall–Kier alpha value is -4.56. The Labute approximate surface area is 251 Å². The van der Waals surface area contributed by atoms with Crippen LogP contribution >= 0.6 is 0 Å². The number of unbranched alkanes of at least 4 members (excludes halogenated alkanes) is 1. The number of aliphatic carboxylic acids is 1. The monoisotopic (exact) mass is 580 g/mol. The number of likely N-dealkylation sites (tertiary alicyclic amines) is 1. The van der Waals surface area contributed by atoms with Crippen LogP contribution in [-0.4, -0.2) is 48.4 Å². The van der Waals surface area contributed by atoms with E-state index in [0.717, 1.165) is 34.7 Å². The fraction of sp³-hybridized carbons (Fsp3) is 0.314. The van der Waals surface area contributed by atoms with Crippen molar-refractivity contribution in [2.45, 2.75) is 44.2 Å². The Bertz CT molecular complexity index is 1620. The van der Waals surface area contributed by atoms with Crippen molar-refractivity contribution in [1.29, 1.82) is 0 Å². The quantitative estimate of drug-likeness (QED) is 0.218. The number of nitrogens with one attached hydrogen (secondary N) is 1. The zero-order valence-electron chi connectivity index (χ0n) is 24.4. The summed E-state index contributed by atoms with van der Waals surface area (Å²) in [5.41, 5.74) is 2.39. The first kappa shape index (κ1) is 28.6. The highest BCUT2D eigenvalue weighted by Gasteiger charge is 2.50. The van der Waals surface area contributed by atoms with E-state index in [-0.39, 0.29) is 18.6 Å². The van der Waals surface area contributed by atoms with Crippen LogP contribution in [0.25, 0.3) is 10.8 Å². The first-order chi connectivity index (χ1) is 21.0. The minimum Gasteiger partial charge on any atom is -0.497 e. The summed E-state index contributed by atoms with van der Waals surface area (Å²) >= 11 is 0. The molecule has 1 fully saturated rings. The normalized spacial score (nSPS) is 20.2. The standard InChI is InChI=1S/C35H36N2O6/c1-3-4-9-29(34(38)36-26-14-10-22-7-5-6-8-24(22)18-26)37-20-28(25-13-17-30-31(19-25)43-21-42-30)32(35(39)40)33(37)23-11-15-27(41-2)16-12-23/h5-8,10-19,28-29,32-33H,3-4,9,20-21H2,1-2H3,(H,36,38)(H,39,40). The highest BCUT2D eigenvalue weighted by Crippen LogP contribution is 2.49. The van der Waals surface area contributed by atoms with E-state index in [2.05, 4.69) is 17.1 Å². The summed E-state index contributed by atoms with van der Waals surface area (Å²) in [5, 5.41) is 16.0. The third kappa shape index (κ3) is 5.75. The molecule has 0 radical (unpaired) electrons. The van der Waals surface area contributed by atoms with Gasteiger partial charge < -0.3 is 24.6 Å². The molecule has 4 atom stereocenters. The predicted molar refractivity (Wildman–Crippen MR) is 165 cm³/mol. The van der Waals surface area contributed by atoms with E-state index in [1.165, 1.54) is 0 Å². The van der Waals surface area contributed by atoms with Gasteiger partial charge in [0.25, 0.3) is 0 Å². The highest BCUT2D eigenvalue weighted by molar-refractivity contribution is 5.97. The molecule has 0 spiro atoms. The van der Waals surface area contributed by atoms with Crippen LogP contribution < -0.4 is 19.5 Å². The van der Waals surface area contributed by atoms with E-state index in [1.54, 1.807) is 7.11 Å². The summed E-state index contributed by atoms with van der Waals surface area (Å²) in [6.07, 6.45) is 2.34. The van der Waals surface area contributed by atoms with E-state index in [1.807, 2.05) is 84.9 Å². The molecule has 2 N–H and O–H groups in total. The van der Waals surface area contributed by atoms with E-state index in [0.29, 0.717) is 35.9 Å². The van der Waals surface area contributed by atoms with Crippen LogP contribution in [0.15, 0.2) is 84.9 Å². The molecule has 43 heavy (non-hydrogen) atoms. The molecule has 8 nitrogen and oxygen atoms in total. The fourth-order valence-corrected chi connectivity index (χ4v) is 6.50. The maximum atomic E-state index is 14.1.